The van der Waals surface area contributed by atoms with Crippen molar-refractivity contribution in [2.45, 2.75) is 0 Å². The van der Waals surface area contributed by atoms with E-state index in [-0.39, 0.29) is 0 Å². The minimum absolute atomic E-state index is 0.571. The molecule has 5 aromatic heterocycles. The Bertz CT molecular complexity index is 3120. The molecule has 51 heavy (non-hydrogen) atoms. The molecule has 11 rings (SSSR count). The molecule has 0 aliphatic rings. The first-order valence-electron chi connectivity index (χ1n) is 17.0. The van der Waals surface area contributed by atoms with Gasteiger partial charge in [-0.1, -0.05) is 84.9 Å². The highest BCUT2D eigenvalue weighted by atomic mass is 15.3. The van der Waals surface area contributed by atoms with Crippen LogP contribution in [0.2, 0.25) is 0 Å². The van der Waals surface area contributed by atoms with E-state index in [0.717, 1.165) is 61.2 Å². The average molecular weight is 654 g/mol. The molecule has 0 radical (unpaired) electrons. The van der Waals surface area contributed by atoms with E-state index in [1.54, 1.807) is 0 Å². The lowest BCUT2D eigenvalue weighted by atomic mass is 10.1. The summed E-state index contributed by atoms with van der Waals surface area (Å²) >= 11 is 0. The van der Waals surface area contributed by atoms with Crippen molar-refractivity contribution in [2.24, 2.45) is 0 Å². The van der Waals surface area contributed by atoms with Gasteiger partial charge < -0.3 is 9.13 Å². The fourth-order valence-corrected chi connectivity index (χ4v) is 7.73. The molecule has 0 fully saturated rings. The van der Waals surface area contributed by atoms with Crippen LogP contribution in [0.3, 0.4) is 0 Å². The molecule has 0 saturated heterocycles. The molecule has 0 N–H and O–H groups in total. The van der Waals surface area contributed by atoms with Crippen molar-refractivity contribution in [2.75, 3.05) is 0 Å². The first-order valence-corrected chi connectivity index (χ1v) is 17.0. The molecule has 0 bridgehead atoms. The number of rotatable bonds is 4. The number of aromatic nitrogens is 7. The van der Waals surface area contributed by atoms with E-state index in [1.165, 1.54) is 21.5 Å². The molecule has 238 valence electrons. The molecule has 0 unspecified atom stereocenters. The molecular formula is C44H27N7. The Balaban J connectivity index is 1.09. The molecule has 11 aromatic rings. The van der Waals surface area contributed by atoms with Crippen molar-refractivity contribution >= 4 is 60.3 Å². The molecule has 0 spiro atoms. The third-order valence-electron chi connectivity index (χ3n) is 9.99. The van der Waals surface area contributed by atoms with Gasteiger partial charge in [0, 0.05) is 49.9 Å². The van der Waals surface area contributed by atoms with E-state index < -0.39 is 0 Å². The average Bonchev–Trinajstić information content (AvgIpc) is 3.88. The third-order valence-corrected chi connectivity index (χ3v) is 9.99. The maximum absolute atomic E-state index is 5.00. The van der Waals surface area contributed by atoms with E-state index in [2.05, 4.69) is 129 Å². The van der Waals surface area contributed by atoms with Crippen molar-refractivity contribution in [3.05, 3.63) is 164 Å². The fourth-order valence-electron chi connectivity index (χ4n) is 7.73. The summed E-state index contributed by atoms with van der Waals surface area (Å²) in [5.41, 5.74) is 10.5. The molecular weight excluding hydrogens is 627 g/mol. The SMILES string of the molecule is c1ccc(-c2nc3nc(-c4ccc(-n5c6ccccc6c6cc7c8ccccc8n(-c8cccnc8)c7cc65)cc4)nn3c3ccccc23)cc1. The van der Waals surface area contributed by atoms with Gasteiger partial charge in [0.2, 0.25) is 0 Å². The molecule has 0 aliphatic heterocycles. The van der Waals surface area contributed by atoms with E-state index >= 15 is 0 Å². The Kier molecular flexibility index (Phi) is 5.83. The van der Waals surface area contributed by atoms with Gasteiger partial charge in [-0.25, -0.2) is 4.98 Å². The zero-order chi connectivity index (χ0) is 33.5. The summed E-state index contributed by atoms with van der Waals surface area (Å²) in [6.07, 6.45) is 3.75. The Hall–Kier alpha value is -7.12. The Morgan fingerprint density at radius 3 is 1.73 bits per heavy atom. The van der Waals surface area contributed by atoms with Crippen LogP contribution in [0.25, 0.3) is 94.3 Å². The predicted molar refractivity (Wildman–Crippen MR) is 206 cm³/mol. The highest BCUT2D eigenvalue weighted by Crippen LogP contribution is 2.39. The Morgan fingerprint density at radius 2 is 1.04 bits per heavy atom. The van der Waals surface area contributed by atoms with E-state index in [0.29, 0.717) is 11.6 Å². The summed E-state index contributed by atoms with van der Waals surface area (Å²) in [5, 5.41) is 10.9. The number of pyridine rings is 1. The molecule has 0 atom stereocenters. The molecule has 0 amide bonds. The number of hydrogen-bond donors (Lipinski definition) is 0. The van der Waals surface area contributed by atoms with Gasteiger partial charge in [0.1, 0.15) is 0 Å². The summed E-state index contributed by atoms with van der Waals surface area (Å²) in [4.78, 5) is 14.4. The summed E-state index contributed by atoms with van der Waals surface area (Å²) in [7, 11) is 0. The zero-order valence-corrected chi connectivity index (χ0v) is 27.2. The van der Waals surface area contributed by atoms with Crippen molar-refractivity contribution in [3.8, 4) is 34.0 Å². The molecule has 0 saturated carbocycles. The Labute approximate surface area is 291 Å². The lowest BCUT2D eigenvalue weighted by Crippen LogP contribution is -1.97. The number of para-hydroxylation sites is 3. The van der Waals surface area contributed by atoms with Crippen LogP contribution in [0, 0.1) is 0 Å². The second kappa shape index (κ2) is 10.7. The van der Waals surface area contributed by atoms with Crippen LogP contribution in [-0.4, -0.2) is 33.7 Å². The van der Waals surface area contributed by atoms with Crippen LogP contribution >= 0.6 is 0 Å². The highest BCUT2D eigenvalue weighted by Gasteiger charge is 2.19. The van der Waals surface area contributed by atoms with Gasteiger partial charge in [-0.2, -0.15) is 9.50 Å². The number of benzene rings is 6. The molecule has 0 aliphatic carbocycles. The van der Waals surface area contributed by atoms with Gasteiger partial charge in [-0.05, 0) is 66.7 Å². The van der Waals surface area contributed by atoms with Gasteiger partial charge in [0.15, 0.2) is 5.82 Å². The Morgan fingerprint density at radius 1 is 0.412 bits per heavy atom. The van der Waals surface area contributed by atoms with Crippen LogP contribution in [0.5, 0.6) is 0 Å². The first-order chi connectivity index (χ1) is 25.3. The maximum Gasteiger partial charge on any atom is 0.253 e. The molecule has 7 heteroatoms. The molecule has 7 nitrogen and oxygen atoms in total. The van der Waals surface area contributed by atoms with Crippen molar-refractivity contribution in [1.29, 1.82) is 0 Å². The largest absolute Gasteiger partial charge is 0.309 e. The first kappa shape index (κ1) is 27.8. The van der Waals surface area contributed by atoms with Crippen molar-refractivity contribution in [3.63, 3.8) is 0 Å². The van der Waals surface area contributed by atoms with E-state index in [9.17, 15) is 0 Å². The fraction of sp³-hybridized carbons (Fsp3) is 0. The van der Waals surface area contributed by atoms with Crippen LogP contribution < -0.4 is 0 Å². The van der Waals surface area contributed by atoms with Crippen LogP contribution in [0.1, 0.15) is 0 Å². The predicted octanol–water partition coefficient (Wildman–Crippen LogP) is 10.2. The summed E-state index contributed by atoms with van der Waals surface area (Å²) < 4.78 is 6.53. The lowest BCUT2D eigenvalue weighted by molar-refractivity contribution is 0.988. The van der Waals surface area contributed by atoms with Gasteiger partial charge >= 0.3 is 0 Å². The second-order valence-corrected chi connectivity index (χ2v) is 12.8. The summed E-state index contributed by atoms with van der Waals surface area (Å²) in [6.45, 7) is 0. The molecule has 5 heterocycles. The van der Waals surface area contributed by atoms with Gasteiger partial charge in [0.25, 0.3) is 5.78 Å². The van der Waals surface area contributed by atoms with Crippen LogP contribution in [0.4, 0.5) is 0 Å². The standard InChI is InChI=1S/C44H27N7/c1-2-11-28(12-3-1)42-34-16-6-9-19-39(34)51-44(46-42)47-43(48-51)29-20-22-30(23-21-29)49-37-17-7-4-14-32(37)35-25-36-33-15-5-8-18-38(33)50(41(36)26-40(35)49)31-13-10-24-45-27-31/h1-27H. The van der Waals surface area contributed by atoms with Gasteiger partial charge in [0.05, 0.1) is 45.2 Å². The lowest BCUT2D eigenvalue weighted by Gasteiger charge is -2.10. The highest BCUT2D eigenvalue weighted by molar-refractivity contribution is 6.19. The smallest absolute Gasteiger partial charge is 0.253 e. The number of fused-ring (bicyclic) bond motifs is 9. The summed E-state index contributed by atoms with van der Waals surface area (Å²) in [5.74, 6) is 1.20. The van der Waals surface area contributed by atoms with Gasteiger partial charge in [-0.3, -0.25) is 4.98 Å². The topological polar surface area (TPSA) is 65.8 Å². The number of hydrogen-bond acceptors (Lipinski definition) is 4. The van der Waals surface area contributed by atoms with Crippen LogP contribution in [0.15, 0.2) is 164 Å². The van der Waals surface area contributed by atoms with Gasteiger partial charge in [-0.15, -0.1) is 5.10 Å². The number of nitrogens with zero attached hydrogens (tertiary/aromatic N) is 7. The quantitative estimate of drug-likeness (QED) is 0.190. The monoisotopic (exact) mass is 653 g/mol. The van der Waals surface area contributed by atoms with E-state index in [1.807, 2.05) is 53.3 Å². The normalized spacial score (nSPS) is 11.9. The van der Waals surface area contributed by atoms with Crippen LogP contribution in [-0.2, 0) is 0 Å². The van der Waals surface area contributed by atoms with Crippen molar-refractivity contribution in [1.82, 2.24) is 33.7 Å². The van der Waals surface area contributed by atoms with Crippen molar-refractivity contribution < 1.29 is 0 Å². The van der Waals surface area contributed by atoms with E-state index in [4.69, 9.17) is 15.1 Å². The second-order valence-electron chi connectivity index (χ2n) is 12.8. The minimum Gasteiger partial charge on any atom is -0.309 e. The maximum atomic E-state index is 5.00. The summed E-state index contributed by atoms with van der Waals surface area (Å²) in [6, 6.07) is 53.1. The zero-order valence-electron chi connectivity index (χ0n) is 27.2. The molecule has 6 aromatic carbocycles. The minimum atomic E-state index is 0.571. The third kappa shape index (κ3) is 4.12.